The third kappa shape index (κ3) is 1.56. The van der Waals surface area contributed by atoms with Crippen molar-refractivity contribution in [2.75, 3.05) is 0 Å². The molecular weight excluding hydrogens is 210 g/mol. The van der Waals surface area contributed by atoms with Crippen LogP contribution < -0.4 is 0 Å². The van der Waals surface area contributed by atoms with Crippen LogP contribution in [0.1, 0.15) is 52.9 Å². The molecule has 2 nitrogen and oxygen atoms in total. The largest absolute Gasteiger partial charge is 0.411 e. The molecule has 96 valence electrons. The standard InChI is InChI=1S/C15H25NO/c1-9(2)14-12-4-11-5-13(14)8-15(6-11,7-12)10(3)16-17/h9,11-14,17H,4-8H2,1-3H3/b16-10-. The molecule has 0 radical (unpaired) electrons. The first-order valence-corrected chi connectivity index (χ1v) is 7.25. The van der Waals surface area contributed by atoms with Gasteiger partial charge in [-0.1, -0.05) is 19.0 Å². The fourth-order valence-electron chi connectivity index (χ4n) is 5.70. The molecule has 2 unspecified atom stereocenters. The summed E-state index contributed by atoms with van der Waals surface area (Å²) in [6.07, 6.45) is 6.76. The highest BCUT2D eigenvalue weighted by atomic mass is 16.4. The molecule has 0 amide bonds. The smallest absolute Gasteiger partial charge is 0.0601 e. The molecule has 4 aliphatic carbocycles. The minimum absolute atomic E-state index is 0.274. The molecule has 2 heteroatoms. The Kier molecular flexibility index (Phi) is 2.53. The van der Waals surface area contributed by atoms with Crippen molar-refractivity contribution in [3.63, 3.8) is 0 Å². The maximum absolute atomic E-state index is 9.16. The van der Waals surface area contributed by atoms with Gasteiger partial charge < -0.3 is 5.21 Å². The summed E-state index contributed by atoms with van der Waals surface area (Å²) in [7, 11) is 0. The van der Waals surface area contributed by atoms with Gasteiger partial charge in [-0.3, -0.25) is 0 Å². The molecule has 1 N–H and O–H groups in total. The minimum atomic E-state index is 0.274. The Labute approximate surface area is 104 Å². The second-order valence-electron chi connectivity index (χ2n) is 7.26. The van der Waals surface area contributed by atoms with E-state index in [1.54, 1.807) is 0 Å². The molecule has 0 aromatic carbocycles. The van der Waals surface area contributed by atoms with Crippen molar-refractivity contribution in [3.8, 4) is 0 Å². The zero-order valence-electron chi connectivity index (χ0n) is 11.3. The first-order chi connectivity index (χ1) is 8.05. The van der Waals surface area contributed by atoms with E-state index in [2.05, 4.69) is 19.0 Å². The molecule has 4 aliphatic rings. The first kappa shape index (κ1) is 11.6. The van der Waals surface area contributed by atoms with Crippen LogP contribution in [0.5, 0.6) is 0 Å². The lowest BCUT2D eigenvalue weighted by Gasteiger charge is -2.61. The zero-order chi connectivity index (χ0) is 12.2. The minimum Gasteiger partial charge on any atom is -0.411 e. The molecule has 17 heavy (non-hydrogen) atoms. The lowest BCUT2D eigenvalue weighted by molar-refractivity contribution is -0.0799. The molecule has 0 heterocycles. The molecule has 2 atom stereocenters. The average molecular weight is 235 g/mol. The maximum Gasteiger partial charge on any atom is 0.0601 e. The van der Waals surface area contributed by atoms with E-state index in [1.807, 2.05) is 6.92 Å². The van der Waals surface area contributed by atoms with Crippen molar-refractivity contribution in [2.45, 2.75) is 52.9 Å². The van der Waals surface area contributed by atoms with Crippen LogP contribution in [0.15, 0.2) is 5.16 Å². The highest BCUT2D eigenvalue weighted by Crippen LogP contribution is 2.63. The third-order valence-electron chi connectivity index (χ3n) is 6.03. The predicted octanol–water partition coefficient (Wildman–Crippen LogP) is 3.94. The van der Waals surface area contributed by atoms with Crippen LogP contribution in [-0.2, 0) is 0 Å². The second kappa shape index (κ2) is 3.73. The van der Waals surface area contributed by atoms with Crippen molar-refractivity contribution in [1.29, 1.82) is 0 Å². The third-order valence-corrected chi connectivity index (χ3v) is 6.03. The fraction of sp³-hybridized carbons (Fsp3) is 0.933. The molecule has 0 aromatic heterocycles. The summed E-state index contributed by atoms with van der Waals surface area (Å²) in [6.45, 7) is 6.83. The molecule has 0 aliphatic heterocycles. The number of hydrogen-bond donors (Lipinski definition) is 1. The van der Waals surface area contributed by atoms with Crippen molar-refractivity contribution >= 4 is 5.71 Å². The summed E-state index contributed by atoms with van der Waals surface area (Å²) in [6, 6.07) is 0. The van der Waals surface area contributed by atoms with E-state index in [-0.39, 0.29) is 5.41 Å². The maximum atomic E-state index is 9.16. The van der Waals surface area contributed by atoms with Crippen LogP contribution in [0.4, 0.5) is 0 Å². The monoisotopic (exact) mass is 235 g/mol. The highest BCUT2D eigenvalue weighted by molar-refractivity contribution is 5.88. The first-order valence-electron chi connectivity index (χ1n) is 7.25. The number of hydrogen-bond acceptors (Lipinski definition) is 2. The SMILES string of the molecule is C/C(=N/O)C12CC3CC(C1)C(C(C)C)C(C3)C2. The number of oxime groups is 1. The van der Waals surface area contributed by atoms with Crippen molar-refractivity contribution in [2.24, 2.45) is 40.2 Å². The molecule has 4 saturated carbocycles. The van der Waals surface area contributed by atoms with Gasteiger partial charge in [0, 0.05) is 5.41 Å². The predicted molar refractivity (Wildman–Crippen MR) is 69.2 cm³/mol. The van der Waals surface area contributed by atoms with Gasteiger partial charge in [-0.15, -0.1) is 0 Å². The van der Waals surface area contributed by atoms with Gasteiger partial charge >= 0.3 is 0 Å². The van der Waals surface area contributed by atoms with Crippen molar-refractivity contribution in [1.82, 2.24) is 0 Å². The molecule has 4 fully saturated rings. The Morgan fingerprint density at radius 3 is 2.24 bits per heavy atom. The Morgan fingerprint density at radius 1 is 1.18 bits per heavy atom. The summed E-state index contributed by atoms with van der Waals surface area (Å²) >= 11 is 0. The Bertz CT molecular complexity index is 331. The van der Waals surface area contributed by atoms with E-state index in [0.29, 0.717) is 0 Å². The van der Waals surface area contributed by atoms with Crippen molar-refractivity contribution in [3.05, 3.63) is 0 Å². The van der Waals surface area contributed by atoms with E-state index >= 15 is 0 Å². The Balaban J connectivity index is 1.92. The van der Waals surface area contributed by atoms with Crippen LogP contribution in [0.25, 0.3) is 0 Å². The summed E-state index contributed by atoms with van der Waals surface area (Å²) < 4.78 is 0. The molecule has 4 rings (SSSR count). The molecule has 0 aromatic rings. The van der Waals surface area contributed by atoms with E-state index in [4.69, 9.17) is 5.21 Å². The van der Waals surface area contributed by atoms with Crippen molar-refractivity contribution < 1.29 is 5.21 Å². The molecule has 0 saturated heterocycles. The number of nitrogens with zero attached hydrogens (tertiary/aromatic N) is 1. The Morgan fingerprint density at radius 2 is 1.76 bits per heavy atom. The van der Waals surface area contributed by atoms with E-state index in [9.17, 15) is 0 Å². The van der Waals surface area contributed by atoms with Crippen LogP contribution in [0.3, 0.4) is 0 Å². The van der Waals surface area contributed by atoms with Gasteiger partial charge in [-0.05, 0) is 68.6 Å². The fourth-order valence-corrected chi connectivity index (χ4v) is 5.70. The molecular formula is C15H25NO. The van der Waals surface area contributed by atoms with Crippen LogP contribution >= 0.6 is 0 Å². The normalized spacial score (nSPS) is 49.1. The van der Waals surface area contributed by atoms with Crippen LogP contribution in [0.2, 0.25) is 0 Å². The number of rotatable bonds is 2. The summed E-state index contributed by atoms with van der Waals surface area (Å²) in [4.78, 5) is 0. The van der Waals surface area contributed by atoms with Gasteiger partial charge in [-0.25, -0.2) is 0 Å². The van der Waals surface area contributed by atoms with Gasteiger partial charge in [0.2, 0.25) is 0 Å². The Hall–Kier alpha value is -0.530. The summed E-state index contributed by atoms with van der Waals surface area (Å²) in [5.41, 5.74) is 1.29. The van der Waals surface area contributed by atoms with Gasteiger partial charge in [0.05, 0.1) is 5.71 Å². The van der Waals surface area contributed by atoms with Gasteiger partial charge in [0.1, 0.15) is 0 Å². The van der Waals surface area contributed by atoms with E-state index < -0.39 is 0 Å². The zero-order valence-corrected chi connectivity index (χ0v) is 11.3. The van der Waals surface area contributed by atoms with E-state index in [1.165, 1.54) is 32.1 Å². The van der Waals surface area contributed by atoms with Gasteiger partial charge in [0.15, 0.2) is 0 Å². The van der Waals surface area contributed by atoms with Gasteiger partial charge in [0.25, 0.3) is 0 Å². The summed E-state index contributed by atoms with van der Waals surface area (Å²) in [5.74, 6) is 4.48. The quantitative estimate of drug-likeness (QED) is 0.439. The molecule has 0 spiro atoms. The second-order valence-corrected chi connectivity index (χ2v) is 7.26. The summed E-state index contributed by atoms with van der Waals surface area (Å²) in [5, 5.41) is 12.7. The van der Waals surface area contributed by atoms with E-state index in [0.717, 1.165) is 35.3 Å². The van der Waals surface area contributed by atoms with Crippen LogP contribution in [0, 0.1) is 35.0 Å². The topological polar surface area (TPSA) is 32.6 Å². The van der Waals surface area contributed by atoms with Crippen LogP contribution in [-0.4, -0.2) is 10.9 Å². The average Bonchev–Trinajstić information content (AvgIpc) is 2.25. The molecule has 4 bridgehead atoms. The van der Waals surface area contributed by atoms with Gasteiger partial charge in [-0.2, -0.15) is 0 Å². The highest BCUT2D eigenvalue weighted by Gasteiger charge is 2.56. The lowest BCUT2D eigenvalue weighted by atomic mass is 9.44. The lowest BCUT2D eigenvalue weighted by Crippen LogP contribution is -2.54.